The minimum absolute atomic E-state index is 0.184. The van der Waals surface area contributed by atoms with Gasteiger partial charge in [-0.1, -0.05) is 42.5 Å². The van der Waals surface area contributed by atoms with Gasteiger partial charge in [0.2, 0.25) is 0 Å². The fourth-order valence-corrected chi connectivity index (χ4v) is 5.70. The summed E-state index contributed by atoms with van der Waals surface area (Å²) in [6.45, 7) is 4.85. The molecule has 0 radical (unpaired) electrons. The van der Waals surface area contributed by atoms with Crippen LogP contribution in [0.15, 0.2) is 54.6 Å². The third-order valence-corrected chi connectivity index (χ3v) is 7.02. The number of phenols is 1. The van der Waals surface area contributed by atoms with Crippen LogP contribution in [-0.4, -0.2) is 36.1 Å². The van der Waals surface area contributed by atoms with E-state index in [4.69, 9.17) is 9.97 Å². The van der Waals surface area contributed by atoms with Crippen molar-refractivity contribution in [2.24, 2.45) is 0 Å². The molecule has 4 heterocycles. The van der Waals surface area contributed by atoms with Crippen LogP contribution in [0.25, 0.3) is 27.3 Å². The van der Waals surface area contributed by atoms with Gasteiger partial charge in [-0.2, -0.15) is 4.52 Å². The average molecular weight is 428 g/mol. The molecular formula is C24H21N5OS. The normalized spacial score (nSPS) is 14.4. The first kappa shape index (κ1) is 18.5. The summed E-state index contributed by atoms with van der Waals surface area (Å²) in [4.78, 5) is 14.6. The highest BCUT2D eigenvalue weighted by atomic mass is 32.1. The van der Waals surface area contributed by atoms with E-state index in [1.54, 1.807) is 23.5 Å². The highest BCUT2D eigenvalue weighted by Crippen LogP contribution is 2.37. The third-order valence-electron chi connectivity index (χ3n) is 5.91. The molecule has 0 bridgehead atoms. The number of nitrogens with zero attached hydrogens (tertiary/aromatic N) is 5. The van der Waals surface area contributed by atoms with Gasteiger partial charge in [0.25, 0.3) is 0 Å². The number of para-hydroxylation sites is 1. The lowest BCUT2D eigenvalue weighted by atomic mass is 10.0. The molecule has 6 rings (SSSR count). The zero-order valence-corrected chi connectivity index (χ0v) is 17.9. The number of fused-ring (bicyclic) bond motifs is 5. The summed E-state index contributed by atoms with van der Waals surface area (Å²) in [5.41, 5.74) is 4.15. The van der Waals surface area contributed by atoms with Crippen LogP contribution in [0.1, 0.15) is 21.8 Å². The van der Waals surface area contributed by atoms with Gasteiger partial charge in [0.15, 0.2) is 11.5 Å². The second kappa shape index (κ2) is 7.14. The van der Waals surface area contributed by atoms with Crippen LogP contribution < -0.4 is 0 Å². The number of rotatable bonds is 3. The summed E-state index contributed by atoms with van der Waals surface area (Å²) in [6, 6.07) is 17.8. The fraction of sp³-hybridized carbons (Fsp3) is 0.208. The smallest absolute Gasteiger partial charge is 0.185 e. The van der Waals surface area contributed by atoms with E-state index in [1.165, 1.54) is 16.0 Å². The van der Waals surface area contributed by atoms with Crippen molar-refractivity contribution < 1.29 is 5.11 Å². The molecule has 5 aromatic rings. The molecule has 154 valence electrons. The molecule has 0 saturated carbocycles. The molecule has 31 heavy (non-hydrogen) atoms. The number of aromatic nitrogens is 4. The number of benzene rings is 2. The number of phenolic OH excluding ortho intramolecular Hbond substituents is 1. The van der Waals surface area contributed by atoms with Crippen LogP contribution in [0.5, 0.6) is 5.75 Å². The van der Waals surface area contributed by atoms with Gasteiger partial charge >= 0.3 is 0 Å². The Morgan fingerprint density at radius 3 is 2.68 bits per heavy atom. The molecule has 0 amide bonds. The topological polar surface area (TPSA) is 66.5 Å². The van der Waals surface area contributed by atoms with Crippen LogP contribution in [0.2, 0.25) is 0 Å². The van der Waals surface area contributed by atoms with Gasteiger partial charge < -0.3 is 5.11 Å². The summed E-state index contributed by atoms with van der Waals surface area (Å²) in [5, 5.41) is 16.0. The van der Waals surface area contributed by atoms with Gasteiger partial charge in [0, 0.05) is 24.5 Å². The Morgan fingerprint density at radius 2 is 1.84 bits per heavy atom. The van der Waals surface area contributed by atoms with Crippen molar-refractivity contribution in [3.63, 3.8) is 0 Å². The van der Waals surface area contributed by atoms with Gasteiger partial charge in [-0.3, -0.25) is 4.90 Å². The number of hydrogen-bond donors (Lipinski definition) is 1. The highest BCUT2D eigenvalue weighted by Gasteiger charge is 2.25. The quantitative estimate of drug-likeness (QED) is 0.457. The van der Waals surface area contributed by atoms with Gasteiger partial charge in [0.05, 0.1) is 10.9 Å². The van der Waals surface area contributed by atoms with Crippen molar-refractivity contribution in [2.45, 2.75) is 26.4 Å². The number of hydrogen-bond acceptors (Lipinski definition) is 6. The van der Waals surface area contributed by atoms with E-state index in [1.807, 2.05) is 23.6 Å². The van der Waals surface area contributed by atoms with Gasteiger partial charge in [-0.15, -0.1) is 16.4 Å². The van der Waals surface area contributed by atoms with Crippen LogP contribution >= 0.6 is 11.3 Å². The second-order valence-electron chi connectivity index (χ2n) is 7.98. The van der Waals surface area contributed by atoms with Crippen molar-refractivity contribution in [1.29, 1.82) is 0 Å². The van der Waals surface area contributed by atoms with Gasteiger partial charge in [0.1, 0.15) is 16.4 Å². The van der Waals surface area contributed by atoms with Crippen LogP contribution in [-0.2, 0) is 19.5 Å². The lowest BCUT2D eigenvalue weighted by Gasteiger charge is -2.26. The summed E-state index contributed by atoms with van der Waals surface area (Å²) < 4.78 is 1.81. The zero-order chi connectivity index (χ0) is 20.9. The van der Waals surface area contributed by atoms with E-state index in [2.05, 4.69) is 40.3 Å². The molecule has 0 fully saturated rings. The van der Waals surface area contributed by atoms with E-state index in [-0.39, 0.29) is 5.75 Å². The average Bonchev–Trinajstić information content (AvgIpc) is 3.36. The Kier molecular flexibility index (Phi) is 4.26. The molecule has 0 unspecified atom stereocenters. The number of thiophene rings is 1. The molecule has 2 aromatic carbocycles. The Balaban J connectivity index is 1.44. The highest BCUT2D eigenvalue weighted by molar-refractivity contribution is 7.19. The van der Waals surface area contributed by atoms with Crippen LogP contribution in [0.3, 0.4) is 0 Å². The predicted molar refractivity (Wildman–Crippen MR) is 122 cm³/mol. The molecule has 6 nitrogen and oxygen atoms in total. The van der Waals surface area contributed by atoms with Crippen LogP contribution in [0, 0.1) is 6.92 Å². The third kappa shape index (κ3) is 3.08. The molecule has 0 spiro atoms. The first-order chi connectivity index (χ1) is 15.2. The standard InChI is InChI=1S/C24H21N5OS/c1-15-25-24-21(23-26-22(27-29(15)23)17-9-5-6-10-19(17)30)18-11-12-28(14-20(18)31-24)13-16-7-3-2-4-8-16/h2-10,30H,11-14H2,1H3. The lowest BCUT2D eigenvalue weighted by molar-refractivity contribution is 0.249. The largest absolute Gasteiger partial charge is 0.507 e. The SMILES string of the molecule is Cc1nc2sc3c(c2c2nc(-c4ccccc4O)nn12)CCN(Cc1ccccc1)C3. The maximum atomic E-state index is 10.3. The van der Waals surface area contributed by atoms with Crippen molar-refractivity contribution in [1.82, 2.24) is 24.5 Å². The fourth-order valence-electron chi connectivity index (χ4n) is 4.40. The van der Waals surface area contributed by atoms with Crippen molar-refractivity contribution in [3.8, 4) is 17.1 Å². The summed E-state index contributed by atoms with van der Waals surface area (Å²) in [6.07, 6.45) is 0.974. The van der Waals surface area contributed by atoms with E-state index >= 15 is 0 Å². The second-order valence-corrected chi connectivity index (χ2v) is 9.06. The Bertz CT molecular complexity index is 1420. The molecule has 0 atom stereocenters. The van der Waals surface area contributed by atoms with Crippen LogP contribution in [0.4, 0.5) is 0 Å². The first-order valence-electron chi connectivity index (χ1n) is 10.4. The number of aryl methyl sites for hydroxylation is 1. The maximum absolute atomic E-state index is 10.3. The van der Waals surface area contributed by atoms with Crippen molar-refractivity contribution >= 4 is 27.2 Å². The van der Waals surface area contributed by atoms with E-state index in [9.17, 15) is 5.11 Å². The van der Waals surface area contributed by atoms with E-state index in [0.29, 0.717) is 11.4 Å². The zero-order valence-electron chi connectivity index (χ0n) is 17.1. The molecule has 3 aromatic heterocycles. The Hall–Kier alpha value is -3.29. The minimum Gasteiger partial charge on any atom is -0.507 e. The molecular weight excluding hydrogens is 406 g/mol. The van der Waals surface area contributed by atoms with E-state index < -0.39 is 0 Å². The van der Waals surface area contributed by atoms with Gasteiger partial charge in [-0.25, -0.2) is 9.97 Å². The molecule has 0 saturated heterocycles. The predicted octanol–water partition coefficient (Wildman–Crippen LogP) is 4.58. The Morgan fingerprint density at radius 1 is 1.03 bits per heavy atom. The van der Waals surface area contributed by atoms with E-state index in [0.717, 1.165) is 47.7 Å². The minimum atomic E-state index is 0.184. The molecule has 1 aliphatic heterocycles. The Labute approximate surface area is 183 Å². The molecule has 0 aliphatic carbocycles. The summed E-state index contributed by atoms with van der Waals surface area (Å²) in [5.74, 6) is 1.51. The molecule has 1 aliphatic rings. The first-order valence-corrected chi connectivity index (χ1v) is 11.2. The molecule has 7 heteroatoms. The summed E-state index contributed by atoms with van der Waals surface area (Å²) >= 11 is 1.77. The number of aromatic hydroxyl groups is 1. The van der Waals surface area contributed by atoms with Crippen molar-refractivity contribution in [2.75, 3.05) is 6.54 Å². The molecule has 1 N–H and O–H groups in total. The summed E-state index contributed by atoms with van der Waals surface area (Å²) in [7, 11) is 0. The lowest BCUT2D eigenvalue weighted by Crippen LogP contribution is -2.29. The monoisotopic (exact) mass is 427 g/mol. The van der Waals surface area contributed by atoms with Gasteiger partial charge in [-0.05, 0) is 36.6 Å². The maximum Gasteiger partial charge on any atom is 0.185 e. The van der Waals surface area contributed by atoms with Crippen molar-refractivity contribution in [3.05, 3.63) is 76.4 Å².